The predicted molar refractivity (Wildman–Crippen MR) is 95.8 cm³/mol. The molecule has 0 N–H and O–H groups in total. The zero-order valence-electron chi connectivity index (χ0n) is 13.0. The van der Waals surface area contributed by atoms with E-state index in [0.29, 0.717) is 28.0 Å². The van der Waals surface area contributed by atoms with Crippen LogP contribution in [0, 0.1) is 0 Å². The molecule has 2 aromatic carbocycles. The van der Waals surface area contributed by atoms with E-state index >= 15 is 0 Å². The molecule has 0 aromatic heterocycles. The predicted octanol–water partition coefficient (Wildman–Crippen LogP) is 4.62. The van der Waals surface area contributed by atoms with Gasteiger partial charge in [0.1, 0.15) is 17.1 Å². The lowest BCUT2D eigenvalue weighted by molar-refractivity contribution is 0.0600. The number of carbonyl (C=O) groups is 2. The zero-order valence-corrected chi connectivity index (χ0v) is 16.1. The molecule has 24 heavy (non-hydrogen) atoms. The van der Waals surface area contributed by atoms with Gasteiger partial charge in [0.05, 0.1) is 23.8 Å². The van der Waals surface area contributed by atoms with E-state index in [1.54, 1.807) is 18.2 Å². The monoisotopic (exact) mass is 456 g/mol. The van der Waals surface area contributed by atoms with E-state index in [9.17, 15) is 9.59 Å². The molecule has 0 fully saturated rings. The Morgan fingerprint density at radius 1 is 1.00 bits per heavy atom. The van der Waals surface area contributed by atoms with E-state index in [1.807, 2.05) is 6.92 Å². The summed E-state index contributed by atoms with van der Waals surface area (Å²) in [7, 11) is 1.30. The summed E-state index contributed by atoms with van der Waals surface area (Å²) in [6, 6.07) is 9.67. The van der Waals surface area contributed by atoms with Crippen LogP contribution in [0.3, 0.4) is 0 Å². The first-order valence-electron chi connectivity index (χ1n) is 6.98. The van der Waals surface area contributed by atoms with Crippen LogP contribution < -0.4 is 9.47 Å². The third kappa shape index (κ3) is 4.36. The summed E-state index contributed by atoms with van der Waals surface area (Å²) in [5, 5.41) is 0. The maximum atomic E-state index is 12.5. The van der Waals surface area contributed by atoms with E-state index in [-0.39, 0.29) is 5.75 Å². The summed E-state index contributed by atoms with van der Waals surface area (Å²) in [5.41, 5.74) is 0.650. The van der Waals surface area contributed by atoms with Gasteiger partial charge in [-0.2, -0.15) is 0 Å². The van der Waals surface area contributed by atoms with Crippen molar-refractivity contribution in [3.63, 3.8) is 0 Å². The highest BCUT2D eigenvalue weighted by Crippen LogP contribution is 2.29. The number of esters is 2. The van der Waals surface area contributed by atoms with Gasteiger partial charge in [0.2, 0.25) is 0 Å². The molecule has 0 saturated carbocycles. The van der Waals surface area contributed by atoms with Crippen molar-refractivity contribution >= 4 is 43.8 Å². The fourth-order valence-corrected chi connectivity index (χ4v) is 2.75. The highest BCUT2D eigenvalue weighted by molar-refractivity contribution is 9.10. The van der Waals surface area contributed by atoms with Crippen LogP contribution in [0.2, 0.25) is 0 Å². The van der Waals surface area contributed by atoms with Gasteiger partial charge in [-0.3, -0.25) is 0 Å². The molecule has 0 spiro atoms. The molecule has 0 aliphatic heterocycles. The number of hydrogen-bond acceptors (Lipinski definition) is 5. The van der Waals surface area contributed by atoms with E-state index < -0.39 is 11.9 Å². The van der Waals surface area contributed by atoms with Gasteiger partial charge < -0.3 is 14.2 Å². The van der Waals surface area contributed by atoms with E-state index in [1.165, 1.54) is 25.3 Å². The summed E-state index contributed by atoms with van der Waals surface area (Å²) in [5.74, 6) is -0.312. The van der Waals surface area contributed by atoms with Crippen LogP contribution in [-0.4, -0.2) is 25.7 Å². The topological polar surface area (TPSA) is 61.8 Å². The Morgan fingerprint density at radius 3 is 2.33 bits per heavy atom. The summed E-state index contributed by atoms with van der Waals surface area (Å²) in [4.78, 5) is 24.0. The Morgan fingerprint density at radius 2 is 1.71 bits per heavy atom. The molecular formula is C17H14Br2O5. The molecule has 0 bridgehead atoms. The van der Waals surface area contributed by atoms with Crippen LogP contribution in [0.25, 0.3) is 0 Å². The van der Waals surface area contributed by atoms with Gasteiger partial charge in [0.25, 0.3) is 0 Å². The molecule has 0 atom stereocenters. The number of methoxy groups -OCH3 is 1. The van der Waals surface area contributed by atoms with E-state index in [4.69, 9.17) is 9.47 Å². The lowest BCUT2D eigenvalue weighted by Gasteiger charge is -2.11. The number of ether oxygens (including phenoxy) is 3. The largest absolute Gasteiger partial charge is 0.493 e. The minimum absolute atomic E-state index is 0.287. The van der Waals surface area contributed by atoms with Gasteiger partial charge >= 0.3 is 11.9 Å². The molecule has 126 valence electrons. The van der Waals surface area contributed by atoms with Crippen molar-refractivity contribution in [2.24, 2.45) is 0 Å². The minimum Gasteiger partial charge on any atom is -0.493 e. The first-order valence-corrected chi connectivity index (χ1v) is 8.57. The van der Waals surface area contributed by atoms with Crippen LogP contribution in [0.15, 0.2) is 45.3 Å². The van der Waals surface area contributed by atoms with Gasteiger partial charge in [-0.25, -0.2) is 9.59 Å². The molecule has 0 aliphatic rings. The van der Waals surface area contributed by atoms with Gasteiger partial charge in [-0.1, -0.05) is 15.9 Å². The molecule has 0 radical (unpaired) electrons. The zero-order chi connectivity index (χ0) is 17.7. The van der Waals surface area contributed by atoms with Gasteiger partial charge in [0.15, 0.2) is 0 Å². The average Bonchev–Trinajstić information content (AvgIpc) is 2.57. The van der Waals surface area contributed by atoms with Gasteiger partial charge in [0, 0.05) is 4.47 Å². The molecule has 2 aromatic rings. The second-order valence-electron chi connectivity index (χ2n) is 4.60. The SMILES string of the molecule is CCOc1ccc(Br)cc1C(=O)Oc1ccc(C(=O)OC)cc1Br. The van der Waals surface area contributed by atoms with Crippen molar-refractivity contribution in [3.05, 3.63) is 56.5 Å². The first kappa shape index (κ1) is 18.5. The molecule has 0 saturated heterocycles. The molecule has 0 heterocycles. The summed E-state index contributed by atoms with van der Waals surface area (Å²) >= 11 is 6.61. The highest BCUT2D eigenvalue weighted by atomic mass is 79.9. The first-order chi connectivity index (χ1) is 11.5. The smallest absolute Gasteiger partial charge is 0.347 e. The lowest BCUT2D eigenvalue weighted by Crippen LogP contribution is -2.11. The van der Waals surface area contributed by atoms with Crippen LogP contribution in [0.1, 0.15) is 27.6 Å². The number of halogens is 2. The Kier molecular flexibility index (Phi) is 6.39. The fraction of sp³-hybridized carbons (Fsp3) is 0.176. The summed E-state index contributed by atoms with van der Waals surface area (Å²) in [6.07, 6.45) is 0. The van der Waals surface area contributed by atoms with Gasteiger partial charge in [-0.05, 0) is 59.3 Å². The number of rotatable bonds is 5. The number of carbonyl (C=O) groups excluding carboxylic acids is 2. The van der Waals surface area contributed by atoms with Crippen molar-refractivity contribution in [1.29, 1.82) is 0 Å². The second kappa shape index (κ2) is 8.30. The van der Waals surface area contributed by atoms with Crippen LogP contribution in [-0.2, 0) is 4.74 Å². The maximum absolute atomic E-state index is 12.5. The Hall–Kier alpha value is -1.86. The Labute approximate surface area is 156 Å². The van der Waals surface area contributed by atoms with Gasteiger partial charge in [-0.15, -0.1) is 0 Å². The van der Waals surface area contributed by atoms with Crippen molar-refractivity contribution < 1.29 is 23.8 Å². The lowest BCUT2D eigenvalue weighted by atomic mass is 10.2. The van der Waals surface area contributed by atoms with Crippen molar-refractivity contribution in [2.45, 2.75) is 6.92 Å². The maximum Gasteiger partial charge on any atom is 0.347 e. The number of benzene rings is 2. The average molecular weight is 458 g/mol. The standard InChI is InChI=1S/C17H14Br2O5/c1-3-23-14-7-5-11(18)9-12(14)17(21)24-15-6-4-10(8-13(15)19)16(20)22-2/h4-9H,3H2,1-2H3. The minimum atomic E-state index is -0.564. The molecule has 7 heteroatoms. The second-order valence-corrected chi connectivity index (χ2v) is 6.37. The van der Waals surface area contributed by atoms with Crippen LogP contribution in [0.4, 0.5) is 0 Å². The Balaban J connectivity index is 2.27. The van der Waals surface area contributed by atoms with Crippen LogP contribution >= 0.6 is 31.9 Å². The fourth-order valence-electron chi connectivity index (χ4n) is 1.93. The third-order valence-electron chi connectivity index (χ3n) is 3.02. The molecule has 2 rings (SSSR count). The van der Waals surface area contributed by atoms with Crippen LogP contribution in [0.5, 0.6) is 11.5 Å². The van der Waals surface area contributed by atoms with Crippen molar-refractivity contribution in [1.82, 2.24) is 0 Å². The number of hydrogen-bond donors (Lipinski definition) is 0. The molecule has 0 amide bonds. The summed E-state index contributed by atoms with van der Waals surface area (Å²) < 4.78 is 16.7. The van der Waals surface area contributed by atoms with E-state index in [0.717, 1.165) is 4.47 Å². The normalized spacial score (nSPS) is 10.2. The Bertz CT molecular complexity index is 774. The van der Waals surface area contributed by atoms with Crippen molar-refractivity contribution in [2.75, 3.05) is 13.7 Å². The molecular weight excluding hydrogens is 444 g/mol. The molecule has 5 nitrogen and oxygen atoms in total. The third-order valence-corrected chi connectivity index (χ3v) is 4.13. The van der Waals surface area contributed by atoms with E-state index in [2.05, 4.69) is 36.6 Å². The highest BCUT2D eigenvalue weighted by Gasteiger charge is 2.18. The summed E-state index contributed by atoms with van der Waals surface area (Å²) in [6.45, 7) is 2.26. The van der Waals surface area contributed by atoms with Crippen molar-refractivity contribution in [3.8, 4) is 11.5 Å². The quantitative estimate of drug-likeness (QED) is 0.484. The molecule has 0 unspecified atom stereocenters. The molecule has 0 aliphatic carbocycles.